The molecular formula is C13H14F3N3O3. The first-order valence-corrected chi connectivity index (χ1v) is 6.19. The van der Waals surface area contributed by atoms with Crippen molar-refractivity contribution in [2.75, 3.05) is 21.3 Å². The van der Waals surface area contributed by atoms with Crippen molar-refractivity contribution in [3.63, 3.8) is 0 Å². The molecule has 1 aromatic heterocycles. The van der Waals surface area contributed by atoms with E-state index in [1.165, 1.54) is 25.3 Å². The van der Waals surface area contributed by atoms with Gasteiger partial charge in [0.05, 0.1) is 25.5 Å². The maximum absolute atomic E-state index is 12.7. The Bertz CT molecular complexity index is 616. The third-order valence-electron chi connectivity index (χ3n) is 3.13. The molecule has 1 aliphatic heterocycles. The van der Waals surface area contributed by atoms with E-state index in [-0.39, 0.29) is 5.75 Å². The van der Waals surface area contributed by atoms with Gasteiger partial charge in [-0.3, -0.25) is 4.98 Å². The molecule has 0 saturated carbocycles. The van der Waals surface area contributed by atoms with Crippen molar-refractivity contribution in [1.82, 2.24) is 15.4 Å². The molecule has 0 aromatic carbocycles. The van der Waals surface area contributed by atoms with E-state index in [0.29, 0.717) is 11.3 Å². The summed E-state index contributed by atoms with van der Waals surface area (Å²) in [6.07, 6.45) is -1.97. The van der Waals surface area contributed by atoms with Crippen molar-refractivity contribution in [2.45, 2.75) is 12.2 Å². The van der Waals surface area contributed by atoms with Crippen molar-refractivity contribution in [3.8, 4) is 5.75 Å². The number of halogens is 3. The number of hydrogen-bond donors (Lipinski definition) is 1. The first-order valence-electron chi connectivity index (χ1n) is 6.19. The van der Waals surface area contributed by atoms with Crippen LogP contribution < -0.4 is 10.2 Å². The molecule has 1 aromatic rings. The van der Waals surface area contributed by atoms with Crippen LogP contribution in [-0.2, 0) is 15.7 Å². The van der Waals surface area contributed by atoms with Gasteiger partial charge in [-0.25, -0.2) is 10.2 Å². The van der Waals surface area contributed by atoms with E-state index in [1.807, 2.05) is 0 Å². The lowest BCUT2D eigenvalue weighted by Crippen LogP contribution is -2.39. The largest absolute Gasteiger partial charge is 0.496 e. The summed E-state index contributed by atoms with van der Waals surface area (Å²) >= 11 is 0. The summed E-state index contributed by atoms with van der Waals surface area (Å²) in [4.78, 5) is 14.9. The lowest BCUT2D eigenvalue weighted by molar-refractivity contribution is -0.142. The highest BCUT2D eigenvalue weighted by Gasteiger charge is 2.35. The van der Waals surface area contributed by atoms with E-state index >= 15 is 0 Å². The highest BCUT2D eigenvalue weighted by atomic mass is 19.4. The number of pyridine rings is 1. The number of aromatic nitrogens is 1. The molecule has 1 atom stereocenters. The van der Waals surface area contributed by atoms with E-state index in [9.17, 15) is 18.0 Å². The fraction of sp³-hybridized carbons (Fsp3) is 0.385. The van der Waals surface area contributed by atoms with Crippen molar-refractivity contribution in [1.29, 1.82) is 0 Å². The summed E-state index contributed by atoms with van der Waals surface area (Å²) in [7, 11) is 4.13. The van der Waals surface area contributed by atoms with Crippen LogP contribution in [0.15, 0.2) is 18.3 Å². The molecule has 0 bridgehead atoms. The molecule has 22 heavy (non-hydrogen) atoms. The number of alkyl halides is 3. The molecule has 0 radical (unpaired) electrons. The quantitative estimate of drug-likeness (QED) is 0.851. The van der Waals surface area contributed by atoms with Gasteiger partial charge in [-0.1, -0.05) is 0 Å². The van der Waals surface area contributed by atoms with Gasteiger partial charge < -0.3 is 14.5 Å². The van der Waals surface area contributed by atoms with E-state index in [0.717, 1.165) is 12.3 Å². The molecule has 0 fully saturated rings. The zero-order valence-corrected chi connectivity index (χ0v) is 12.1. The van der Waals surface area contributed by atoms with Gasteiger partial charge in [-0.05, 0) is 6.08 Å². The molecule has 120 valence electrons. The van der Waals surface area contributed by atoms with Crippen LogP contribution in [0.5, 0.6) is 5.75 Å². The van der Waals surface area contributed by atoms with Gasteiger partial charge in [0.1, 0.15) is 17.5 Å². The van der Waals surface area contributed by atoms with Crippen LogP contribution in [0.25, 0.3) is 5.70 Å². The number of nitrogens with one attached hydrogen (secondary N) is 1. The Kier molecular flexibility index (Phi) is 4.27. The normalized spacial score (nSPS) is 18.2. The average molecular weight is 317 g/mol. The number of rotatable bonds is 3. The van der Waals surface area contributed by atoms with E-state index in [4.69, 9.17) is 4.74 Å². The second-order valence-corrected chi connectivity index (χ2v) is 4.51. The van der Waals surface area contributed by atoms with E-state index < -0.39 is 23.9 Å². The number of methoxy groups -OCH3 is 2. The smallest absolute Gasteiger partial charge is 0.433 e. The minimum absolute atomic E-state index is 0.00717. The van der Waals surface area contributed by atoms with Crippen LogP contribution in [-0.4, -0.2) is 43.3 Å². The summed E-state index contributed by atoms with van der Waals surface area (Å²) in [5, 5.41) is 1.49. The summed E-state index contributed by atoms with van der Waals surface area (Å²) in [5.41, 5.74) is 2.56. The monoisotopic (exact) mass is 317 g/mol. The van der Waals surface area contributed by atoms with Gasteiger partial charge in [-0.15, -0.1) is 0 Å². The van der Waals surface area contributed by atoms with Crippen LogP contribution in [0, 0.1) is 0 Å². The maximum atomic E-state index is 12.7. The number of hydrogen-bond acceptors (Lipinski definition) is 6. The highest BCUT2D eigenvalue weighted by molar-refractivity contribution is 5.83. The van der Waals surface area contributed by atoms with Crippen molar-refractivity contribution >= 4 is 11.7 Å². The Labute approximate surface area is 124 Å². The molecule has 9 heteroatoms. The summed E-state index contributed by atoms with van der Waals surface area (Å²) in [6, 6.07) is 0.0900. The second kappa shape index (κ2) is 5.84. The lowest BCUT2D eigenvalue weighted by Gasteiger charge is -2.19. The molecule has 1 N–H and O–H groups in total. The molecule has 2 rings (SSSR count). The molecular weight excluding hydrogens is 303 g/mol. The minimum Gasteiger partial charge on any atom is -0.496 e. The molecule has 0 aliphatic carbocycles. The number of nitrogens with zero attached hydrogens (tertiary/aromatic N) is 2. The Morgan fingerprint density at radius 1 is 1.41 bits per heavy atom. The number of ether oxygens (including phenoxy) is 2. The molecule has 0 amide bonds. The van der Waals surface area contributed by atoms with Crippen LogP contribution in [0.1, 0.15) is 11.3 Å². The number of carbonyl (C=O) groups excluding carboxylic acids is 1. The van der Waals surface area contributed by atoms with E-state index in [1.54, 1.807) is 7.05 Å². The lowest BCUT2D eigenvalue weighted by atomic mass is 10.1. The molecule has 6 nitrogen and oxygen atoms in total. The summed E-state index contributed by atoms with van der Waals surface area (Å²) in [6.45, 7) is 0. The first kappa shape index (κ1) is 16.1. The predicted octanol–water partition coefficient (Wildman–Crippen LogP) is 1.44. The Balaban J connectivity index is 2.42. The minimum atomic E-state index is -4.56. The van der Waals surface area contributed by atoms with Crippen LogP contribution in [0.3, 0.4) is 0 Å². The average Bonchev–Trinajstić information content (AvgIpc) is 2.86. The second-order valence-electron chi connectivity index (χ2n) is 4.51. The summed E-state index contributed by atoms with van der Waals surface area (Å²) < 4.78 is 47.7. The van der Waals surface area contributed by atoms with Crippen molar-refractivity contribution < 1.29 is 27.4 Å². The van der Waals surface area contributed by atoms with E-state index in [2.05, 4.69) is 15.1 Å². The fourth-order valence-corrected chi connectivity index (χ4v) is 2.06. The number of hydrazine groups is 1. The Hall–Kier alpha value is -2.29. The van der Waals surface area contributed by atoms with Crippen molar-refractivity contribution in [2.24, 2.45) is 0 Å². The molecule has 1 unspecified atom stereocenters. The SMILES string of the molecule is COC(=O)C1C=C(c2cnc(C(F)(F)F)cc2OC)N(C)N1. The molecule has 0 spiro atoms. The van der Waals surface area contributed by atoms with Crippen LogP contribution in [0.4, 0.5) is 13.2 Å². The zero-order valence-electron chi connectivity index (χ0n) is 12.1. The zero-order chi connectivity index (χ0) is 16.5. The number of esters is 1. The van der Waals surface area contributed by atoms with Gasteiger partial charge in [-0.2, -0.15) is 13.2 Å². The van der Waals surface area contributed by atoms with Crippen molar-refractivity contribution in [3.05, 3.63) is 29.6 Å². The van der Waals surface area contributed by atoms with Gasteiger partial charge in [0, 0.05) is 19.3 Å². The summed E-state index contributed by atoms with van der Waals surface area (Å²) in [5.74, 6) is -0.506. The molecule has 0 saturated heterocycles. The van der Waals surface area contributed by atoms with Gasteiger partial charge in [0.25, 0.3) is 0 Å². The topological polar surface area (TPSA) is 63.7 Å². The standard InChI is InChI=1S/C13H14F3N3O3/c1-19-9(4-8(18-19)12(20)22-3)7-6-17-11(13(14,15)16)5-10(7)21-2/h4-6,8,18H,1-3H3. The van der Waals surface area contributed by atoms with Gasteiger partial charge >= 0.3 is 12.1 Å². The molecule has 2 heterocycles. The van der Waals surface area contributed by atoms with Crippen LogP contribution >= 0.6 is 0 Å². The predicted molar refractivity (Wildman–Crippen MR) is 70.5 cm³/mol. The third kappa shape index (κ3) is 2.98. The van der Waals surface area contributed by atoms with Gasteiger partial charge in [0.15, 0.2) is 0 Å². The highest BCUT2D eigenvalue weighted by Crippen LogP contribution is 2.35. The van der Waals surface area contributed by atoms with Gasteiger partial charge in [0.2, 0.25) is 0 Å². The maximum Gasteiger partial charge on any atom is 0.433 e. The Morgan fingerprint density at radius 3 is 2.64 bits per heavy atom. The number of carbonyl (C=O) groups is 1. The third-order valence-corrected chi connectivity index (χ3v) is 3.13. The molecule has 1 aliphatic rings. The Morgan fingerprint density at radius 2 is 2.09 bits per heavy atom. The fourth-order valence-electron chi connectivity index (χ4n) is 2.06. The van der Waals surface area contributed by atoms with Crippen LogP contribution in [0.2, 0.25) is 0 Å². The first-order chi connectivity index (χ1) is 10.3.